The molecule has 2 aromatic heterocycles. The number of anilines is 1. The molecular formula is C11H14BrN5. The molecule has 0 saturated heterocycles. The summed E-state index contributed by atoms with van der Waals surface area (Å²) in [5.74, 6) is 0.833. The van der Waals surface area contributed by atoms with Gasteiger partial charge >= 0.3 is 0 Å². The summed E-state index contributed by atoms with van der Waals surface area (Å²) >= 11 is 3.48. The van der Waals surface area contributed by atoms with Crippen LogP contribution >= 0.6 is 15.9 Å². The van der Waals surface area contributed by atoms with Crippen LogP contribution in [0.25, 0.3) is 0 Å². The fourth-order valence-electron chi connectivity index (χ4n) is 1.52. The lowest BCUT2D eigenvalue weighted by Gasteiger charge is -2.08. The number of hydrogen-bond donors (Lipinski definition) is 1. The SMILES string of the molecule is CCn1nncc1CNc1ncc(C)cc1Br. The van der Waals surface area contributed by atoms with Crippen LogP contribution in [0, 0.1) is 6.92 Å². The van der Waals surface area contributed by atoms with Crippen LogP contribution in [-0.4, -0.2) is 20.0 Å². The van der Waals surface area contributed by atoms with E-state index in [1.54, 1.807) is 6.20 Å². The van der Waals surface area contributed by atoms with E-state index in [1.807, 2.05) is 30.8 Å². The van der Waals surface area contributed by atoms with E-state index in [-0.39, 0.29) is 0 Å². The lowest BCUT2D eigenvalue weighted by Crippen LogP contribution is -2.09. The minimum Gasteiger partial charge on any atom is -0.363 e. The second-order valence-electron chi connectivity index (χ2n) is 3.74. The molecule has 6 heteroatoms. The van der Waals surface area contributed by atoms with Crippen LogP contribution in [0.15, 0.2) is 22.9 Å². The summed E-state index contributed by atoms with van der Waals surface area (Å²) in [6.07, 6.45) is 3.60. The van der Waals surface area contributed by atoms with E-state index in [0.29, 0.717) is 6.54 Å². The number of rotatable bonds is 4. The number of aryl methyl sites for hydroxylation is 2. The molecule has 2 aromatic rings. The molecule has 0 fully saturated rings. The molecule has 0 saturated carbocycles. The van der Waals surface area contributed by atoms with E-state index in [4.69, 9.17) is 0 Å². The molecule has 0 aliphatic rings. The Labute approximate surface area is 108 Å². The zero-order valence-corrected chi connectivity index (χ0v) is 11.4. The van der Waals surface area contributed by atoms with Crippen LogP contribution in [0.3, 0.4) is 0 Å². The molecule has 1 N–H and O–H groups in total. The summed E-state index contributed by atoms with van der Waals surface area (Å²) in [5, 5.41) is 11.1. The van der Waals surface area contributed by atoms with Crippen molar-refractivity contribution in [3.63, 3.8) is 0 Å². The van der Waals surface area contributed by atoms with E-state index in [0.717, 1.165) is 28.1 Å². The molecule has 0 bridgehead atoms. The summed E-state index contributed by atoms with van der Waals surface area (Å²) in [7, 11) is 0. The molecule has 0 aliphatic carbocycles. The lowest BCUT2D eigenvalue weighted by atomic mass is 10.3. The first kappa shape index (κ1) is 12.0. The molecule has 0 unspecified atom stereocenters. The van der Waals surface area contributed by atoms with Gasteiger partial charge in [-0.1, -0.05) is 5.21 Å². The summed E-state index contributed by atoms with van der Waals surface area (Å²) in [6, 6.07) is 2.03. The van der Waals surface area contributed by atoms with Gasteiger partial charge in [0.05, 0.1) is 22.9 Å². The van der Waals surface area contributed by atoms with Crippen LogP contribution in [0.5, 0.6) is 0 Å². The number of nitrogens with one attached hydrogen (secondary N) is 1. The van der Waals surface area contributed by atoms with Crippen molar-refractivity contribution in [2.24, 2.45) is 0 Å². The quantitative estimate of drug-likeness (QED) is 0.941. The highest BCUT2D eigenvalue weighted by Gasteiger charge is 2.04. The molecule has 90 valence electrons. The second-order valence-corrected chi connectivity index (χ2v) is 4.59. The van der Waals surface area contributed by atoms with Crippen molar-refractivity contribution in [3.8, 4) is 0 Å². The first-order valence-corrected chi connectivity index (χ1v) is 6.23. The average Bonchev–Trinajstić information content (AvgIpc) is 2.75. The number of nitrogens with zero attached hydrogens (tertiary/aromatic N) is 4. The van der Waals surface area contributed by atoms with Gasteiger partial charge in [-0.2, -0.15) is 0 Å². The maximum atomic E-state index is 4.32. The molecule has 0 radical (unpaired) electrons. The maximum absolute atomic E-state index is 4.32. The molecule has 0 amide bonds. The van der Waals surface area contributed by atoms with Gasteiger partial charge < -0.3 is 5.32 Å². The van der Waals surface area contributed by atoms with Crippen LogP contribution in [-0.2, 0) is 13.1 Å². The summed E-state index contributed by atoms with van der Waals surface area (Å²) < 4.78 is 2.82. The van der Waals surface area contributed by atoms with Crippen molar-refractivity contribution < 1.29 is 0 Å². The summed E-state index contributed by atoms with van der Waals surface area (Å²) in [5.41, 5.74) is 2.17. The van der Waals surface area contributed by atoms with Gasteiger partial charge in [0.1, 0.15) is 5.82 Å². The van der Waals surface area contributed by atoms with Crippen LogP contribution in [0.2, 0.25) is 0 Å². The van der Waals surface area contributed by atoms with Crippen molar-refractivity contribution >= 4 is 21.7 Å². The number of pyridine rings is 1. The molecule has 0 aromatic carbocycles. The Balaban J connectivity index is 2.07. The third kappa shape index (κ3) is 2.82. The highest BCUT2D eigenvalue weighted by atomic mass is 79.9. The van der Waals surface area contributed by atoms with Crippen molar-refractivity contribution in [1.82, 2.24) is 20.0 Å². The fraction of sp³-hybridized carbons (Fsp3) is 0.364. The van der Waals surface area contributed by atoms with Crippen molar-refractivity contribution in [2.75, 3.05) is 5.32 Å². The first-order chi connectivity index (χ1) is 8.20. The zero-order valence-electron chi connectivity index (χ0n) is 9.81. The Morgan fingerprint density at radius 3 is 2.94 bits per heavy atom. The van der Waals surface area contributed by atoms with Gasteiger partial charge in [0, 0.05) is 12.7 Å². The van der Waals surface area contributed by atoms with E-state index in [9.17, 15) is 0 Å². The predicted octanol–water partition coefficient (Wildman–Crippen LogP) is 2.38. The summed E-state index contributed by atoms with van der Waals surface area (Å²) in [4.78, 5) is 4.32. The predicted molar refractivity (Wildman–Crippen MR) is 69.7 cm³/mol. The monoisotopic (exact) mass is 295 g/mol. The highest BCUT2D eigenvalue weighted by Crippen LogP contribution is 2.20. The van der Waals surface area contributed by atoms with E-state index < -0.39 is 0 Å². The van der Waals surface area contributed by atoms with Crippen LogP contribution in [0.1, 0.15) is 18.2 Å². The second kappa shape index (κ2) is 5.27. The molecule has 5 nitrogen and oxygen atoms in total. The minimum atomic E-state index is 0.662. The molecule has 0 atom stereocenters. The first-order valence-electron chi connectivity index (χ1n) is 5.44. The average molecular weight is 296 g/mol. The third-order valence-electron chi connectivity index (χ3n) is 2.41. The minimum absolute atomic E-state index is 0.662. The third-order valence-corrected chi connectivity index (χ3v) is 3.02. The molecule has 17 heavy (non-hydrogen) atoms. The normalized spacial score (nSPS) is 10.5. The van der Waals surface area contributed by atoms with Gasteiger partial charge in [-0.25, -0.2) is 9.67 Å². The van der Waals surface area contributed by atoms with Crippen molar-refractivity contribution in [1.29, 1.82) is 0 Å². The highest BCUT2D eigenvalue weighted by molar-refractivity contribution is 9.10. The van der Waals surface area contributed by atoms with E-state index in [1.165, 1.54) is 0 Å². The maximum Gasteiger partial charge on any atom is 0.140 e. The number of halogens is 1. The van der Waals surface area contributed by atoms with E-state index in [2.05, 4.69) is 36.5 Å². The van der Waals surface area contributed by atoms with Crippen molar-refractivity contribution in [2.45, 2.75) is 26.9 Å². The van der Waals surface area contributed by atoms with Crippen molar-refractivity contribution in [3.05, 3.63) is 34.2 Å². The van der Waals surface area contributed by atoms with Gasteiger partial charge in [-0.3, -0.25) is 0 Å². The number of hydrogen-bond acceptors (Lipinski definition) is 4. The van der Waals surface area contributed by atoms with Gasteiger partial charge in [0.15, 0.2) is 0 Å². The van der Waals surface area contributed by atoms with Crippen LogP contribution in [0.4, 0.5) is 5.82 Å². The Bertz CT molecular complexity index is 508. The molecule has 0 aliphatic heterocycles. The topological polar surface area (TPSA) is 55.6 Å². The Hall–Kier alpha value is -1.43. The lowest BCUT2D eigenvalue weighted by molar-refractivity contribution is 0.602. The molecular weight excluding hydrogens is 282 g/mol. The Kier molecular flexibility index (Phi) is 3.73. The van der Waals surface area contributed by atoms with Crippen LogP contribution < -0.4 is 5.32 Å². The molecule has 0 spiro atoms. The largest absolute Gasteiger partial charge is 0.363 e. The standard InChI is InChI=1S/C11H14BrN5/c1-3-17-9(7-15-16-17)6-14-11-10(12)4-8(2)5-13-11/h4-5,7H,3,6H2,1-2H3,(H,13,14). The Morgan fingerprint density at radius 1 is 1.41 bits per heavy atom. The molecule has 2 rings (SSSR count). The Morgan fingerprint density at radius 2 is 2.24 bits per heavy atom. The van der Waals surface area contributed by atoms with Gasteiger partial charge in [0.25, 0.3) is 0 Å². The smallest absolute Gasteiger partial charge is 0.140 e. The summed E-state index contributed by atoms with van der Waals surface area (Å²) in [6.45, 7) is 5.53. The van der Waals surface area contributed by atoms with Gasteiger partial charge in [0.2, 0.25) is 0 Å². The zero-order chi connectivity index (χ0) is 12.3. The fourth-order valence-corrected chi connectivity index (χ4v) is 2.12. The number of aromatic nitrogens is 4. The van der Waals surface area contributed by atoms with Gasteiger partial charge in [-0.15, -0.1) is 5.10 Å². The van der Waals surface area contributed by atoms with E-state index >= 15 is 0 Å². The molecule has 2 heterocycles. The van der Waals surface area contributed by atoms with Gasteiger partial charge in [-0.05, 0) is 41.4 Å².